The molecule has 60 valence electrons. The van der Waals surface area contributed by atoms with E-state index in [1.807, 2.05) is 5.40 Å². The van der Waals surface area contributed by atoms with Gasteiger partial charge in [-0.2, -0.15) is 5.26 Å². The molecule has 0 saturated heterocycles. The van der Waals surface area contributed by atoms with Gasteiger partial charge in [0.1, 0.15) is 5.40 Å². The van der Waals surface area contributed by atoms with Gasteiger partial charge in [0.2, 0.25) is 0 Å². The lowest BCUT2D eigenvalue weighted by molar-refractivity contribution is 1.44. The van der Waals surface area contributed by atoms with Crippen molar-refractivity contribution in [3.63, 3.8) is 0 Å². The topological polar surface area (TPSA) is 73.7 Å². The van der Waals surface area contributed by atoms with Crippen molar-refractivity contribution in [2.75, 3.05) is 5.73 Å². The zero-order valence-corrected chi connectivity index (χ0v) is 7.06. The first kappa shape index (κ1) is 8.62. The molecule has 12 heavy (non-hydrogen) atoms. The normalized spacial score (nSPS) is 8.92. The van der Waals surface area contributed by atoms with E-state index in [2.05, 4.69) is 0 Å². The highest BCUT2D eigenvalue weighted by Gasteiger charge is 1.97. The van der Waals surface area contributed by atoms with Crippen LogP contribution in [0.25, 0.3) is 0 Å². The van der Waals surface area contributed by atoms with E-state index < -0.39 is 0 Å². The molecule has 0 heterocycles. The van der Waals surface area contributed by atoms with Crippen LogP contribution in [0.5, 0.6) is 0 Å². The number of nitrogens with two attached hydrogens (primary N) is 1. The predicted octanol–water partition coefficient (Wildman–Crippen LogP) is 1.84. The fourth-order valence-corrected chi connectivity index (χ4v) is 1.22. The van der Waals surface area contributed by atoms with Gasteiger partial charge in [-0.1, -0.05) is 0 Å². The maximum absolute atomic E-state index is 8.38. The summed E-state index contributed by atoms with van der Waals surface area (Å²) in [5.41, 5.74) is 6.76. The maximum atomic E-state index is 8.38. The molecular weight excluding hydrogens is 170 g/mol. The lowest BCUT2D eigenvalue weighted by Crippen LogP contribution is -1.91. The summed E-state index contributed by atoms with van der Waals surface area (Å²) in [7, 11) is 0. The Bertz CT molecular complexity index is 341. The minimum absolute atomic E-state index is 0.562. The van der Waals surface area contributed by atoms with Crippen molar-refractivity contribution in [3.05, 3.63) is 23.8 Å². The maximum Gasteiger partial charge on any atom is 0.138 e. The van der Waals surface area contributed by atoms with Crippen LogP contribution >= 0.6 is 11.8 Å². The predicted molar refractivity (Wildman–Crippen MR) is 50.2 cm³/mol. The van der Waals surface area contributed by atoms with Crippen molar-refractivity contribution >= 4 is 23.7 Å². The molecule has 0 bridgehead atoms. The highest BCUT2D eigenvalue weighted by Crippen LogP contribution is 2.20. The van der Waals surface area contributed by atoms with E-state index >= 15 is 0 Å². The summed E-state index contributed by atoms with van der Waals surface area (Å²) in [5.74, 6) is 0. The van der Waals surface area contributed by atoms with Crippen LogP contribution in [0, 0.1) is 16.1 Å². The molecule has 3 N–H and O–H groups in total. The molecule has 0 aliphatic carbocycles. The molecule has 1 rings (SSSR count). The average Bonchev–Trinajstić information content (AvgIpc) is 2.09. The van der Waals surface area contributed by atoms with Crippen molar-refractivity contribution in [1.82, 2.24) is 0 Å². The standard InChI is InChI=1S/C8H7N3S/c9-4-6-3-7(12-5-10)1-2-8(6)11/h1-4,9H,11H2. The fourth-order valence-electron chi connectivity index (χ4n) is 0.794. The van der Waals surface area contributed by atoms with Crippen LogP contribution in [0.1, 0.15) is 5.56 Å². The molecular formula is C8H7N3S. The van der Waals surface area contributed by atoms with E-state index in [4.69, 9.17) is 16.4 Å². The van der Waals surface area contributed by atoms with Gasteiger partial charge in [0.15, 0.2) is 0 Å². The molecule has 0 radical (unpaired) electrons. The minimum atomic E-state index is 0.562. The summed E-state index contributed by atoms with van der Waals surface area (Å²) >= 11 is 1.06. The Labute approximate surface area is 74.7 Å². The third-order valence-corrected chi connectivity index (χ3v) is 1.96. The molecule has 0 fully saturated rings. The second kappa shape index (κ2) is 3.79. The molecule has 0 spiro atoms. The molecule has 0 amide bonds. The number of nitrogen functional groups attached to an aromatic ring is 1. The summed E-state index contributed by atoms with van der Waals surface area (Å²) in [6.45, 7) is 0. The third kappa shape index (κ3) is 1.77. The van der Waals surface area contributed by atoms with Crippen LogP contribution in [0.4, 0.5) is 5.69 Å². The van der Waals surface area contributed by atoms with Crippen molar-refractivity contribution in [1.29, 1.82) is 10.7 Å². The van der Waals surface area contributed by atoms with Crippen molar-refractivity contribution in [2.24, 2.45) is 0 Å². The molecule has 4 heteroatoms. The Morgan fingerprint density at radius 2 is 2.33 bits per heavy atom. The Morgan fingerprint density at radius 3 is 2.92 bits per heavy atom. The Kier molecular flexibility index (Phi) is 2.72. The van der Waals surface area contributed by atoms with Crippen LogP contribution in [-0.2, 0) is 0 Å². The summed E-state index contributed by atoms with van der Waals surface area (Å²) in [4.78, 5) is 0.810. The van der Waals surface area contributed by atoms with Gasteiger partial charge in [-0.15, -0.1) is 0 Å². The van der Waals surface area contributed by atoms with Gasteiger partial charge in [0.05, 0.1) is 0 Å². The number of benzene rings is 1. The Morgan fingerprint density at radius 1 is 1.58 bits per heavy atom. The second-order valence-electron chi connectivity index (χ2n) is 2.13. The number of nitriles is 1. The summed E-state index contributed by atoms with van der Waals surface area (Å²) in [6.07, 6.45) is 1.18. The summed E-state index contributed by atoms with van der Waals surface area (Å²) in [5, 5.41) is 17.3. The van der Waals surface area contributed by atoms with Crippen molar-refractivity contribution < 1.29 is 0 Å². The van der Waals surface area contributed by atoms with Gasteiger partial charge in [0.25, 0.3) is 0 Å². The molecule has 0 atom stereocenters. The van der Waals surface area contributed by atoms with E-state index in [1.54, 1.807) is 18.2 Å². The van der Waals surface area contributed by atoms with Gasteiger partial charge in [-0.05, 0) is 30.0 Å². The van der Waals surface area contributed by atoms with Crippen LogP contribution in [-0.4, -0.2) is 6.21 Å². The molecule has 0 aliphatic heterocycles. The number of hydrogen-bond acceptors (Lipinski definition) is 4. The fraction of sp³-hybridized carbons (Fsp3) is 0. The molecule has 0 unspecified atom stereocenters. The number of nitrogens with zero attached hydrogens (tertiary/aromatic N) is 1. The van der Waals surface area contributed by atoms with Crippen LogP contribution in [0.15, 0.2) is 23.1 Å². The van der Waals surface area contributed by atoms with E-state index in [-0.39, 0.29) is 0 Å². The van der Waals surface area contributed by atoms with E-state index in [9.17, 15) is 0 Å². The molecule has 0 aliphatic rings. The first-order valence-corrected chi connectivity index (χ1v) is 4.05. The SMILES string of the molecule is N#CSc1ccc(N)c(C=N)c1. The minimum Gasteiger partial charge on any atom is -0.398 e. The van der Waals surface area contributed by atoms with E-state index in [1.165, 1.54) is 6.21 Å². The number of thiocyanates is 1. The number of rotatable bonds is 2. The number of thioether (sulfide) groups is 1. The summed E-state index contributed by atoms with van der Waals surface area (Å²) < 4.78 is 0. The smallest absolute Gasteiger partial charge is 0.138 e. The lowest BCUT2D eigenvalue weighted by atomic mass is 10.2. The Hall–Kier alpha value is -1.47. The molecule has 3 nitrogen and oxygen atoms in total. The van der Waals surface area contributed by atoms with Gasteiger partial charge in [0, 0.05) is 22.4 Å². The van der Waals surface area contributed by atoms with Gasteiger partial charge < -0.3 is 11.1 Å². The first-order chi connectivity index (χ1) is 5.77. The highest BCUT2D eigenvalue weighted by molar-refractivity contribution is 8.03. The van der Waals surface area contributed by atoms with Crippen LogP contribution in [0.2, 0.25) is 0 Å². The van der Waals surface area contributed by atoms with E-state index in [0.717, 1.165) is 16.7 Å². The third-order valence-electron chi connectivity index (χ3n) is 1.38. The molecule has 1 aromatic carbocycles. The van der Waals surface area contributed by atoms with Crippen molar-refractivity contribution in [2.45, 2.75) is 4.90 Å². The van der Waals surface area contributed by atoms with E-state index in [0.29, 0.717) is 11.3 Å². The number of anilines is 1. The van der Waals surface area contributed by atoms with Crippen LogP contribution < -0.4 is 5.73 Å². The summed E-state index contributed by atoms with van der Waals surface area (Å²) in [6, 6.07) is 5.17. The zero-order chi connectivity index (χ0) is 8.97. The quantitative estimate of drug-likeness (QED) is 0.313. The largest absolute Gasteiger partial charge is 0.398 e. The Balaban J connectivity index is 3.06. The van der Waals surface area contributed by atoms with Gasteiger partial charge >= 0.3 is 0 Å². The van der Waals surface area contributed by atoms with Crippen LogP contribution in [0.3, 0.4) is 0 Å². The molecule has 0 aromatic heterocycles. The lowest BCUT2D eigenvalue weighted by Gasteiger charge is -1.99. The molecule has 1 aromatic rings. The molecule has 0 saturated carbocycles. The second-order valence-corrected chi connectivity index (χ2v) is 2.99. The van der Waals surface area contributed by atoms with Gasteiger partial charge in [-0.3, -0.25) is 0 Å². The first-order valence-electron chi connectivity index (χ1n) is 3.24. The number of nitrogens with one attached hydrogen (secondary N) is 1. The average molecular weight is 177 g/mol. The monoisotopic (exact) mass is 177 g/mol. The zero-order valence-electron chi connectivity index (χ0n) is 6.24. The number of hydrogen-bond donors (Lipinski definition) is 2. The highest BCUT2D eigenvalue weighted by atomic mass is 32.2. The van der Waals surface area contributed by atoms with Gasteiger partial charge in [-0.25, -0.2) is 0 Å². The van der Waals surface area contributed by atoms with Crippen molar-refractivity contribution in [3.8, 4) is 5.40 Å².